The lowest BCUT2D eigenvalue weighted by Gasteiger charge is -2.05. The highest BCUT2D eigenvalue weighted by atomic mass is 35.5. The van der Waals surface area contributed by atoms with Crippen molar-refractivity contribution >= 4 is 17.5 Å². The zero-order chi connectivity index (χ0) is 18.5. The van der Waals surface area contributed by atoms with Crippen LogP contribution in [0.2, 0.25) is 5.02 Å². The number of rotatable bonds is 6. The van der Waals surface area contributed by atoms with Gasteiger partial charge in [0.1, 0.15) is 5.69 Å². The first-order valence-electron chi connectivity index (χ1n) is 8.11. The third-order valence-electron chi connectivity index (χ3n) is 3.86. The zero-order valence-electron chi connectivity index (χ0n) is 14.2. The molecule has 0 saturated carbocycles. The quantitative estimate of drug-likeness (QED) is 0.714. The van der Waals surface area contributed by atoms with E-state index in [0.29, 0.717) is 23.1 Å². The molecule has 134 valence electrons. The first-order valence-corrected chi connectivity index (χ1v) is 8.49. The Morgan fingerprint density at radius 1 is 1.19 bits per heavy atom. The summed E-state index contributed by atoms with van der Waals surface area (Å²) in [5, 5.41) is 7.73. The number of hydrogen-bond donors (Lipinski definition) is 1. The van der Waals surface area contributed by atoms with Crippen molar-refractivity contribution in [1.82, 2.24) is 24.6 Å². The van der Waals surface area contributed by atoms with Gasteiger partial charge in [-0.1, -0.05) is 29.8 Å². The van der Waals surface area contributed by atoms with Crippen LogP contribution in [0.25, 0.3) is 11.5 Å². The van der Waals surface area contributed by atoms with Gasteiger partial charge in [0.05, 0.1) is 13.0 Å². The molecule has 0 bridgehead atoms. The number of pyridine rings is 1. The molecule has 1 amide bonds. The fourth-order valence-electron chi connectivity index (χ4n) is 2.50. The van der Waals surface area contributed by atoms with Crippen molar-refractivity contribution in [2.45, 2.75) is 13.0 Å². The topological polar surface area (TPSA) is 81.8 Å². The van der Waals surface area contributed by atoms with Crippen molar-refractivity contribution in [2.24, 2.45) is 7.05 Å². The van der Waals surface area contributed by atoms with Gasteiger partial charge in [-0.3, -0.25) is 14.3 Å². The van der Waals surface area contributed by atoms with Crippen LogP contribution in [0.1, 0.15) is 5.56 Å². The number of amides is 1. The first kappa shape index (κ1) is 17.9. The maximum absolute atomic E-state index is 12.3. The first-order chi connectivity index (χ1) is 12.5. The zero-order valence-corrected chi connectivity index (χ0v) is 15.0. The van der Waals surface area contributed by atoms with E-state index >= 15 is 0 Å². The highest BCUT2D eigenvalue weighted by Crippen LogP contribution is 2.11. The van der Waals surface area contributed by atoms with E-state index in [9.17, 15) is 9.59 Å². The Kier molecular flexibility index (Phi) is 5.48. The van der Waals surface area contributed by atoms with Gasteiger partial charge in [0.25, 0.3) is 0 Å². The Balaban J connectivity index is 1.59. The molecule has 0 unspecified atom stereocenters. The second-order valence-electron chi connectivity index (χ2n) is 5.76. The van der Waals surface area contributed by atoms with Crippen LogP contribution in [0, 0.1) is 0 Å². The molecule has 0 spiro atoms. The van der Waals surface area contributed by atoms with Crippen molar-refractivity contribution in [2.75, 3.05) is 6.54 Å². The molecule has 1 aromatic carbocycles. The van der Waals surface area contributed by atoms with Crippen LogP contribution in [-0.2, 0) is 24.8 Å². The highest BCUT2D eigenvalue weighted by Gasteiger charge is 2.13. The number of hydrogen-bond acceptors (Lipinski definition) is 4. The van der Waals surface area contributed by atoms with Crippen molar-refractivity contribution in [3.05, 3.63) is 69.7 Å². The molecule has 2 aromatic heterocycles. The van der Waals surface area contributed by atoms with Gasteiger partial charge in [-0.25, -0.2) is 9.48 Å². The minimum atomic E-state index is -0.252. The third-order valence-corrected chi connectivity index (χ3v) is 4.11. The lowest BCUT2D eigenvalue weighted by molar-refractivity contribution is -0.120. The second kappa shape index (κ2) is 7.97. The molecular weight excluding hydrogens is 354 g/mol. The summed E-state index contributed by atoms with van der Waals surface area (Å²) in [5.74, 6) is 0.365. The molecule has 1 N–H and O–H groups in total. The number of carbonyl (C=O) groups excluding carboxylic acids is 1. The molecule has 8 heteroatoms. The molecule has 3 rings (SSSR count). The monoisotopic (exact) mass is 371 g/mol. The average molecular weight is 372 g/mol. The van der Waals surface area contributed by atoms with Gasteiger partial charge in [-0.2, -0.15) is 0 Å². The number of aromatic nitrogens is 4. The van der Waals surface area contributed by atoms with Crippen LogP contribution in [0.15, 0.2) is 53.5 Å². The highest BCUT2D eigenvalue weighted by molar-refractivity contribution is 6.30. The van der Waals surface area contributed by atoms with Crippen molar-refractivity contribution < 1.29 is 4.79 Å². The molecule has 2 heterocycles. The lowest BCUT2D eigenvalue weighted by Crippen LogP contribution is -2.32. The summed E-state index contributed by atoms with van der Waals surface area (Å²) in [6.45, 7) is 0.594. The second-order valence-corrected chi connectivity index (χ2v) is 6.19. The summed E-state index contributed by atoms with van der Waals surface area (Å²) in [6.07, 6.45) is 1.91. The minimum Gasteiger partial charge on any atom is -0.354 e. The third kappa shape index (κ3) is 4.18. The Morgan fingerprint density at radius 3 is 2.65 bits per heavy atom. The molecule has 0 radical (unpaired) electrons. The molecule has 0 aliphatic carbocycles. The summed E-state index contributed by atoms with van der Waals surface area (Å²) >= 11 is 5.83. The predicted molar refractivity (Wildman–Crippen MR) is 98.9 cm³/mol. The van der Waals surface area contributed by atoms with Crippen molar-refractivity contribution in [3.8, 4) is 11.5 Å². The van der Waals surface area contributed by atoms with Crippen LogP contribution in [-0.4, -0.2) is 31.8 Å². The van der Waals surface area contributed by atoms with Gasteiger partial charge in [0.2, 0.25) is 5.91 Å². The van der Waals surface area contributed by atoms with Crippen LogP contribution >= 0.6 is 11.6 Å². The van der Waals surface area contributed by atoms with E-state index in [2.05, 4.69) is 15.4 Å². The van der Waals surface area contributed by atoms with Crippen LogP contribution in [0.5, 0.6) is 0 Å². The summed E-state index contributed by atoms with van der Waals surface area (Å²) in [4.78, 5) is 28.5. The number of nitrogens with one attached hydrogen (secondary N) is 1. The van der Waals surface area contributed by atoms with Crippen LogP contribution in [0.4, 0.5) is 0 Å². The van der Waals surface area contributed by atoms with Gasteiger partial charge in [0.15, 0.2) is 5.82 Å². The van der Waals surface area contributed by atoms with E-state index in [4.69, 9.17) is 11.6 Å². The average Bonchev–Trinajstić information content (AvgIpc) is 2.93. The number of carbonyl (C=O) groups is 1. The SMILES string of the molecule is Cn1c(-c2ccccn2)nn(CCNC(=O)Cc2ccc(Cl)cc2)c1=O. The molecule has 0 aliphatic heterocycles. The van der Waals surface area contributed by atoms with Gasteiger partial charge < -0.3 is 5.32 Å². The Bertz CT molecular complexity index is 948. The van der Waals surface area contributed by atoms with Crippen molar-refractivity contribution in [1.29, 1.82) is 0 Å². The molecule has 26 heavy (non-hydrogen) atoms. The lowest BCUT2D eigenvalue weighted by atomic mass is 10.1. The number of halogens is 1. The van der Waals surface area contributed by atoms with E-state index < -0.39 is 0 Å². The molecule has 0 fully saturated rings. The summed E-state index contributed by atoms with van der Waals surface area (Å²) < 4.78 is 2.77. The summed E-state index contributed by atoms with van der Waals surface area (Å²) in [7, 11) is 1.65. The largest absolute Gasteiger partial charge is 0.354 e. The Hall–Kier alpha value is -2.93. The van der Waals surface area contributed by atoms with E-state index in [1.807, 2.05) is 18.2 Å². The van der Waals surface area contributed by atoms with Gasteiger partial charge in [-0.05, 0) is 29.8 Å². The normalized spacial score (nSPS) is 10.7. The Morgan fingerprint density at radius 2 is 1.96 bits per heavy atom. The molecule has 7 nitrogen and oxygen atoms in total. The van der Waals surface area contributed by atoms with Crippen LogP contribution in [0.3, 0.4) is 0 Å². The summed E-state index contributed by atoms with van der Waals surface area (Å²) in [6, 6.07) is 12.5. The van der Waals surface area contributed by atoms with E-state index in [-0.39, 0.29) is 24.6 Å². The summed E-state index contributed by atoms with van der Waals surface area (Å²) in [5.41, 5.74) is 1.24. The maximum atomic E-state index is 12.3. The van der Waals surface area contributed by atoms with E-state index in [1.165, 1.54) is 9.25 Å². The van der Waals surface area contributed by atoms with E-state index in [0.717, 1.165) is 5.56 Å². The fraction of sp³-hybridized carbons (Fsp3) is 0.222. The predicted octanol–water partition coefficient (Wildman–Crippen LogP) is 1.66. The minimum absolute atomic E-state index is 0.124. The number of nitrogens with zero attached hydrogens (tertiary/aromatic N) is 4. The standard InChI is InChI=1S/C18H18ClN5O2/c1-23-17(15-4-2-3-9-20-15)22-24(18(23)26)11-10-21-16(25)12-13-5-7-14(19)8-6-13/h2-9H,10-12H2,1H3,(H,21,25). The van der Waals surface area contributed by atoms with Gasteiger partial charge in [-0.15, -0.1) is 5.10 Å². The van der Waals surface area contributed by atoms with Crippen molar-refractivity contribution in [3.63, 3.8) is 0 Å². The smallest absolute Gasteiger partial charge is 0.346 e. The molecule has 3 aromatic rings. The van der Waals surface area contributed by atoms with E-state index in [1.54, 1.807) is 37.5 Å². The van der Waals surface area contributed by atoms with Crippen LogP contribution < -0.4 is 11.0 Å². The Labute approximate surface area is 155 Å². The molecular formula is C18H18ClN5O2. The fourth-order valence-corrected chi connectivity index (χ4v) is 2.63. The molecule has 0 aliphatic rings. The number of benzene rings is 1. The van der Waals surface area contributed by atoms with Gasteiger partial charge >= 0.3 is 5.69 Å². The van der Waals surface area contributed by atoms with Gasteiger partial charge in [0, 0.05) is 24.8 Å². The molecule has 0 atom stereocenters. The maximum Gasteiger partial charge on any atom is 0.346 e. The molecule has 0 saturated heterocycles.